The molecule has 1 fully saturated rings. The van der Waals surface area contributed by atoms with Gasteiger partial charge in [0.15, 0.2) is 0 Å². The van der Waals surface area contributed by atoms with Crippen LogP contribution in [0, 0.1) is 11.8 Å². The Morgan fingerprint density at radius 1 is 0.963 bits per heavy atom. The summed E-state index contributed by atoms with van der Waals surface area (Å²) in [5.74, 6) is -1.19. The summed E-state index contributed by atoms with van der Waals surface area (Å²) in [7, 11) is 0. The van der Waals surface area contributed by atoms with Crippen molar-refractivity contribution in [2.75, 3.05) is 4.90 Å². The molecule has 27 heavy (non-hydrogen) atoms. The van der Waals surface area contributed by atoms with Crippen LogP contribution in [0.1, 0.15) is 23.2 Å². The molecule has 1 heterocycles. The van der Waals surface area contributed by atoms with Gasteiger partial charge < -0.3 is 4.74 Å². The normalized spacial score (nSPS) is 21.3. The minimum Gasteiger partial charge on any atom is -0.423 e. The van der Waals surface area contributed by atoms with Crippen molar-refractivity contribution in [3.8, 4) is 5.75 Å². The summed E-state index contributed by atoms with van der Waals surface area (Å²) in [5.41, 5.74) is 0.842. The molecule has 136 valence electrons. The van der Waals surface area contributed by atoms with Gasteiger partial charge in [-0.15, -0.1) is 0 Å². The van der Waals surface area contributed by atoms with Gasteiger partial charge in [0.1, 0.15) is 5.75 Å². The number of halogens is 1. The zero-order valence-corrected chi connectivity index (χ0v) is 15.9. The molecule has 0 N–H and O–H groups in total. The molecule has 2 unspecified atom stereocenters. The first kappa shape index (κ1) is 17.7. The Labute approximate surface area is 164 Å². The van der Waals surface area contributed by atoms with Crippen molar-refractivity contribution in [3.63, 3.8) is 0 Å². The van der Waals surface area contributed by atoms with E-state index in [0.717, 1.165) is 4.47 Å². The second-order valence-electron chi connectivity index (χ2n) is 6.56. The van der Waals surface area contributed by atoms with Gasteiger partial charge in [0.25, 0.3) is 0 Å². The maximum Gasteiger partial charge on any atom is 0.343 e. The van der Waals surface area contributed by atoms with E-state index in [4.69, 9.17) is 4.74 Å². The summed E-state index contributed by atoms with van der Waals surface area (Å²) in [6, 6.07) is 13.3. The first-order valence-corrected chi connectivity index (χ1v) is 9.44. The Hall–Kier alpha value is -2.73. The Morgan fingerprint density at radius 3 is 2.22 bits per heavy atom. The maximum atomic E-state index is 12.7. The number of ether oxygens (including phenoxy) is 1. The third-order valence-corrected chi connectivity index (χ3v) is 5.40. The average Bonchev–Trinajstić information content (AvgIpc) is 2.93. The molecule has 2 amide bonds. The van der Waals surface area contributed by atoms with Crippen LogP contribution >= 0.6 is 15.9 Å². The minimum absolute atomic E-state index is 0.189. The van der Waals surface area contributed by atoms with Crippen LogP contribution in [0.4, 0.5) is 5.69 Å². The lowest BCUT2D eigenvalue weighted by Crippen LogP contribution is -2.30. The number of allylic oxidation sites excluding steroid dienone is 2. The van der Waals surface area contributed by atoms with E-state index in [1.807, 2.05) is 12.2 Å². The van der Waals surface area contributed by atoms with Crippen molar-refractivity contribution in [2.45, 2.75) is 12.8 Å². The molecule has 5 nitrogen and oxygen atoms in total. The number of esters is 1. The molecular formula is C21H16BrNO4. The number of carbonyl (C=O) groups excluding carboxylic acids is 3. The summed E-state index contributed by atoms with van der Waals surface area (Å²) >= 11 is 3.32. The summed E-state index contributed by atoms with van der Waals surface area (Å²) < 4.78 is 6.28. The van der Waals surface area contributed by atoms with Crippen LogP contribution in [-0.4, -0.2) is 17.8 Å². The Balaban J connectivity index is 1.56. The third kappa shape index (κ3) is 3.32. The smallest absolute Gasteiger partial charge is 0.343 e. The van der Waals surface area contributed by atoms with E-state index >= 15 is 0 Å². The molecule has 0 bridgehead atoms. The van der Waals surface area contributed by atoms with Crippen molar-refractivity contribution in [1.29, 1.82) is 0 Å². The van der Waals surface area contributed by atoms with Crippen molar-refractivity contribution in [1.82, 2.24) is 0 Å². The molecule has 1 saturated heterocycles. The van der Waals surface area contributed by atoms with Gasteiger partial charge in [0, 0.05) is 10.5 Å². The van der Waals surface area contributed by atoms with Crippen LogP contribution in [-0.2, 0) is 9.59 Å². The van der Waals surface area contributed by atoms with Crippen LogP contribution in [0.25, 0.3) is 0 Å². The van der Waals surface area contributed by atoms with Crippen molar-refractivity contribution in [3.05, 3.63) is 70.7 Å². The number of carbonyl (C=O) groups is 3. The van der Waals surface area contributed by atoms with Crippen molar-refractivity contribution >= 4 is 39.4 Å². The zero-order chi connectivity index (χ0) is 19.0. The lowest BCUT2D eigenvalue weighted by Gasteiger charge is -2.15. The highest BCUT2D eigenvalue weighted by molar-refractivity contribution is 9.10. The first-order chi connectivity index (χ1) is 13.0. The largest absolute Gasteiger partial charge is 0.423 e. The van der Waals surface area contributed by atoms with E-state index in [0.29, 0.717) is 24.1 Å². The van der Waals surface area contributed by atoms with Crippen LogP contribution in [0.15, 0.2) is 65.2 Å². The number of amides is 2. The molecule has 6 heteroatoms. The van der Waals surface area contributed by atoms with Crippen LogP contribution in [0.2, 0.25) is 0 Å². The SMILES string of the molecule is O=C(Oc1cccc(N2C(=O)C3CC=CCC3C2=O)c1)c1ccc(Br)cc1. The number of fused-ring (bicyclic) bond motifs is 1. The summed E-state index contributed by atoms with van der Waals surface area (Å²) in [5, 5.41) is 0. The summed E-state index contributed by atoms with van der Waals surface area (Å²) in [4.78, 5) is 38.9. The molecule has 2 atom stereocenters. The number of rotatable bonds is 3. The van der Waals surface area contributed by atoms with Gasteiger partial charge in [0.2, 0.25) is 11.8 Å². The number of benzene rings is 2. The van der Waals surface area contributed by atoms with E-state index in [1.54, 1.807) is 48.5 Å². The number of anilines is 1. The minimum atomic E-state index is -0.503. The van der Waals surface area contributed by atoms with Gasteiger partial charge >= 0.3 is 5.97 Å². The Morgan fingerprint density at radius 2 is 1.59 bits per heavy atom. The second kappa shape index (κ2) is 7.12. The lowest BCUT2D eigenvalue weighted by atomic mass is 9.85. The van der Waals surface area contributed by atoms with E-state index < -0.39 is 5.97 Å². The highest BCUT2D eigenvalue weighted by atomic mass is 79.9. The third-order valence-electron chi connectivity index (χ3n) is 4.87. The fraction of sp³-hybridized carbons (Fsp3) is 0.190. The fourth-order valence-corrected chi connectivity index (χ4v) is 3.76. The average molecular weight is 426 g/mol. The van der Waals surface area contributed by atoms with Gasteiger partial charge in [-0.25, -0.2) is 9.69 Å². The Kier molecular flexibility index (Phi) is 4.66. The molecule has 1 aliphatic heterocycles. The molecule has 0 aromatic heterocycles. The predicted molar refractivity (Wildman–Crippen MR) is 103 cm³/mol. The van der Waals surface area contributed by atoms with Crippen LogP contribution < -0.4 is 9.64 Å². The van der Waals surface area contributed by atoms with Gasteiger partial charge in [-0.05, 0) is 49.2 Å². The molecule has 0 saturated carbocycles. The van der Waals surface area contributed by atoms with Crippen molar-refractivity contribution in [2.24, 2.45) is 11.8 Å². The lowest BCUT2D eigenvalue weighted by molar-refractivity contribution is -0.122. The van der Waals surface area contributed by atoms with Crippen LogP contribution in [0.3, 0.4) is 0 Å². The Bertz CT molecular complexity index is 925. The quantitative estimate of drug-likeness (QED) is 0.321. The second-order valence-corrected chi connectivity index (χ2v) is 7.48. The molecule has 2 aromatic rings. The van der Waals surface area contributed by atoms with Gasteiger partial charge in [0.05, 0.1) is 23.1 Å². The van der Waals surface area contributed by atoms with Gasteiger partial charge in [-0.3, -0.25) is 9.59 Å². The molecule has 2 aliphatic rings. The van der Waals surface area contributed by atoms with Gasteiger partial charge in [-0.1, -0.05) is 34.1 Å². The topological polar surface area (TPSA) is 63.7 Å². The van der Waals surface area contributed by atoms with Crippen molar-refractivity contribution < 1.29 is 19.1 Å². The molecule has 2 aromatic carbocycles. The standard InChI is InChI=1S/C21H16BrNO4/c22-14-10-8-13(9-11-14)21(26)27-16-5-3-4-15(12-16)23-19(24)17-6-1-2-7-18(17)20(23)25/h1-5,8-12,17-18H,6-7H2. The summed E-state index contributed by atoms with van der Waals surface area (Å²) in [6.07, 6.45) is 5.08. The molecule has 0 radical (unpaired) electrons. The molecule has 4 rings (SSSR count). The summed E-state index contributed by atoms with van der Waals surface area (Å²) in [6.45, 7) is 0. The molecular weight excluding hydrogens is 410 g/mol. The van der Waals surface area contributed by atoms with E-state index in [1.165, 1.54) is 4.90 Å². The highest BCUT2D eigenvalue weighted by Crippen LogP contribution is 2.38. The van der Waals surface area contributed by atoms with E-state index in [2.05, 4.69) is 15.9 Å². The number of hydrogen-bond donors (Lipinski definition) is 0. The number of hydrogen-bond acceptors (Lipinski definition) is 4. The maximum absolute atomic E-state index is 12.7. The predicted octanol–water partition coefficient (Wildman–Crippen LogP) is 4.12. The van der Waals surface area contributed by atoms with E-state index in [-0.39, 0.29) is 29.4 Å². The fourth-order valence-electron chi connectivity index (χ4n) is 3.49. The monoisotopic (exact) mass is 425 g/mol. The molecule has 0 spiro atoms. The highest BCUT2D eigenvalue weighted by Gasteiger charge is 2.47. The number of imide groups is 1. The van der Waals surface area contributed by atoms with Gasteiger partial charge in [-0.2, -0.15) is 0 Å². The number of nitrogens with zero attached hydrogens (tertiary/aromatic N) is 1. The van der Waals surface area contributed by atoms with Crippen LogP contribution in [0.5, 0.6) is 5.75 Å². The van der Waals surface area contributed by atoms with E-state index in [9.17, 15) is 14.4 Å². The zero-order valence-electron chi connectivity index (χ0n) is 14.3. The first-order valence-electron chi connectivity index (χ1n) is 8.65. The molecule has 1 aliphatic carbocycles.